The van der Waals surface area contributed by atoms with E-state index >= 15 is 0 Å². The maximum atomic E-state index is 11.9. The van der Waals surface area contributed by atoms with Crippen LogP contribution in [0.4, 0.5) is 5.95 Å². The van der Waals surface area contributed by atoms with Gasteiger partial charge in [0.15, 0.2) is 0 Å². The van der Waals surface area contributed by atoms with Crippen molar-refractivity contribution in [2.24, 2.45) is 12.1 Å². The zero-order chi connectivity index (χ0) is 18.7. The number of benzene rings is 1. The summed E-state index contributed by atoms with van der Waals surface area (Å²) >= 11 is 0. The Morgan fingerprint density at radius 3 is 2.77 bits per heavy atom. The molecule has 0 aliphatic rings. The van der Waals surface area contributed by atoms with Crippen molar-refractivity contribution in [3.8, 4) is 17.6 Å². The average molecular weight is 350 g/mol. The van der Waals surface area contributed by atoms with E-state index in [1.54, 1.807) is 6.92 Å². The molecule has 0 aliphatic heterocycles. The molecule has 0 aliphatic carbocycles. The highest BCUT2D eigenvalue weighted by atomic mass is 16.3. The van der Waals surface area contributed by atoms with Crippen molar-refractivity contribution in [1.82, 2.24) is 24.8 Å². The molecule has 0 amide bonds. The average Bonchev–Trinajstić information content (AvgIpc) is 3.12. The smallest absolute Gasteiger partial charge is 0.271 e. The van der Waals surface area contributed by atoms with Crippen molar-refractivity contribution in [2.75, 3.05) is 5.43 Å². The number of hydrogen-bond acceptors (Lipinski definition) is 8. The lowest BCUT2D eigenvalue weighted by Gasteiger charge is -2.09. The van der Waals surface area contributed by atoms with Gasteiger partial charge in [-0.15, -0.1) is 0 Å². The Bertz CT molecular complexity index is 1080. The molecule has 0 saturated heterocycles. The molecule has 0 saturated carbocycles. The predicted molar refractivity (Wildman–Crippen MR) is 93.2 cm³/mol. The number of anilines is 1. The molecule has 130 valence electrons. The second kappa shape index (κ2) is 6.86. The van der Waals surface area contributed by atoms with E-state index in [1.807, 2.05) is 36.4 Å². The van der Waals surface area contributed by atoms with Crippen LogP contribution in [0.25, 0.3) is 5.69 Å². The maximum absolute atomic E-state index is 11.9. The summed E-state index contributed by atoms with van der Waals surface area (Å²) in [7, 11) is 1.37. The summed E-state index contributed by atoms with van der Waals surface area (Å²) in [6.07, 6.45) is 1.30. The second-order valence-electron chi connectivity index (χ2n) is 5.33. The largest absolute Gasteiger partial charge is 0.494 e. The lowest BCUT2D eigenvalue weighted by Crippen LogP contribution is -2.22. The lowest BCUT2D eigenvalue weighted by atomic mass is 10.1. The molecule has 10 heteroatoms. The minimum atomic E-state index is -0.569. The monoisotopic (exact) mass is 350 g/mol. The van der Waals surface area contributed by atoms with E-state index in [0.29, 0.717) is 5.56 Å². The third-order valence-electron chi connectivity index (χ3n) is 3.80. The third-order valence-corrected chi connectivity index (χ3v) is 3.80. The summed E-state index contributed by atoms with van der Waals surface area (Å²) in [4.78, 5) is 11.9. The Balaban J connectivity index is 1.92. The van der Waals surface area contributed by atoms with Gasteiger partial charge in [0, 0.05) is 7.05 Å². The first kappa shape index (κ1) is 16.8. The molecule has 0 bridgehead atoms. The van der Waals surface area contributed by atoms with Crippen LogP contribution in [0.15, 0.2) is 40.2 Å². The number of nitrogens with zero attached hydrogens (tertiary/aromatic N) is 7. The Kier molecular flexibility index (Phi) is 4.44. The van der Waals surface area contributed by atoms with Crippen LogP contribution in [0.2, 0.25) is 0 Å². The third kappa shape index (κ3) is 2.89. The molecule has 26 heavy (non-hydrogen) atoms. The van der Waals surface area contributed by atoms with Crippen LogP contribution in [0.5, 0.6) is 5.88 Å². The van der Waals surface area contributed by atoms with E-state index < -0.39 is 5.56 Å². The van der Waals surface area contributed by atoms with Crippen molar-refractivity contribution in [3.63, 3.8) is 0 Å². The molecule has 3 aromatic rings. The quantitative estimate of drug-likeness (QED) is 0.522. The molecular weight excluding hydrogens is 336 g/mol. The number of pyridine rings is 1. The lowest BCUT2D eigenvalue weighted by molar-refractivity contribution is 0.421. The SMILES string of the molecule is Cc1c(/C=N/Nc2nnnn2-c2ccccc2)c(O)n(C)c(=O)c1C#N. The van der Waals surface area contributed by atoms with Crippen molar-refractivity contribution < 1.29 is 5.11 Å². The van der Waals surface area contributed by atoms with Crippen LogP contribution in [0.1, 0.15) is 16.7 Å². The number of tetrazole rings is 1. The first-order chi connectivity index (χ1) is 12.5. The van der Waals surface area contributed by atoms with Crippen molar-refractivity contribution >= 4 is 12.2 Å². The summed E-state index contributed by atoms with van der Waals surface area (Å²) in [5.74, 6) is -0.0328. The van der Waals surface area contributed by atoms with Crippen molar-refractivity contribution in [2.45, 2.75) is 6.92 Å². The van der Waals surface area contributed by atoms with Gasteiger partial charge in [0.25, 0.3) is 11.5 Å². The van der Waals surface area contributed by atoms with Gasteiger partial charge < -0.3 is 5.11 Å². The molecule has 0 atom stereocenters. The van der Waals surface area contributed by atoms with E-state index in [-0.39, 0.29) is 23.0 Å². The number of nitriles is 1. The molecule has 2 aromatic heterocycles. The van der Waals surface area contributed by atoms with Crippen LogP contribution in [-0.4, -0.2) is 36.1 Å². The number of aromatic hydroxyl groups is 1. The first-order valence-electron chi connectivity index (χ1n) is 7.50. The fourth-order valence-corrected chi connectivity index (χ4v) is 2.35. The van der Waals surface area contributed by atoms with Crippen LogP contribution < -0.4 is 11.0 Å². The molecule has 3 rings (SSSR count). The fourth-order valence-electron chi connectivity index (χ4n) is 2.35. The number of hydrazone groups is 1. The molecule has 2 N–H and O–H groups in total. The van der Waals surface area contributed by atoms with E-state index in [0.717, 1.165) is 10.3 Å². The van der Waals surface area contributed by atoms with Gasteiger partial charge in [-0.25, -0.2) is 5.43 Å². The van der Waals surface area contributed by atoms with Crippen LogP contribution in [0.3, 0.4) is 0 Å². The number of hydrogen-bond donors (Lipinski definition) is 2. The van der Waals surface area contributed by atoms with Gasteiger partial charge in [-0.3, -0.25) is 9.36 Å². The molecule has 1 aromatic carbocycles. The molecule has 0 fully saturated rings. The van der Waals surface area contributed by atoms with Crippen molar-refractivity contribution in [3.05, 3.63) is 57.4 Å². The van der Waals surface area contributed by atoms with Gasteiger partial charge >= 0.3 is 0 Å². The predicted octanol–water partition coefficient (Wildman–Crippen LogP) is 0.693. The second-order valence-corrected chi connectivity index (χ2v) is 5.33. The minimum absolute atomic E-state index is 0.0548. The summed E-state index contributed by atoms with van der Waals surface area (Å²) < 4.78 is 2.44. The Hall–Kier alpha value is -4.00. The molecule has 2 heterocycles. The number of nitrogens with one attached hydrogen (secondary N) is 1. The van der Waals surface area contributed by atoms with Gasteiger partial charge in [0.1, 0.15) is 11.6 Å². The fraction of sp³-hybridized carbons (Fsp3) is 0.125. The zero-order valence-electron chi connectivity index (χ0n) is 14.0. The number of aromatic nitrogens is 5. The van der Waals surface area contributed by atoms with E-state index in [9.17, 15) is 9.90 Å². The Morgan fingerprint density at radius 2 is 2.08 bits per heavy atom. The topological polar surface area (TPSA) is 134 Å². The minimum Gasteiger partial charge on any atom is -0.494 e. The zero-order valence-corrected chi connectivity index (χ0v) is 14.0. The summed E-state index contributed by atoms with van der Waals surface area (Å²) in [6.45, 7) is 1.56. The van der Waals surface area contributed by atoms with Gasteiger partial charge in [-0.1, -0.05) is 23.3 Å². The maximum Gasteiger partial charge on any atom is 0.271 e. The summed E-state index contributed by atoms with van der Waals surface area (Å²) in [5, 5.41) is 34.6. The first-order valence-corrected chi connectivity index (χ1v) is 7.50. The molecule has 0 unspecified atom stereocenters. The van der Waals surface area contributed by atoms with Gasteiger partial charge in [0.2, 0.25) is 5.88 Å². The Morgan fingerprint density at radius 1 is 1.35 bits per heavy atom. The van der Waals surface area contributed by atoms with E-state index in [1.165, 1.54) is 17.9 Å². The molecular formula is C16H14N8O2. The standard InChI is InChI=1S/C16H14N8O2/c1-10-12(8-17)14(25)23(2)15(26)13(10)9-18-19-16-20-21-22-24(16)11-6-4-3-5-7-11/h3-7,9,26H,1-2H3,(H,19,20,22)/b18-9+. The molecule has 0 radical (unpaired) electrons. The van der Waals surface area contributed by atoms with E-state index in [4.69, 9.17) is 5.26 Å². The normalized spacial score (nSPS) is 10.8. The van der Waals surface area contributed by atoms with Gasteiger partial charge in [-0.05, 0) is 35.0 Å². The van der Waals surface area contributed by atoms with Crippen molar-refractivity contribution in [1.29, 1.82) is 5.26 Å². The number of rotatable bonds is 4. The van der Waals surface area contributed by atoms with Crippen LogP contribution >= 0.6 is 0 Å². The molecule has 0 spiro atoms. The summed E-state index contributed by atoms with van der Waals surface area (Å²) in [6, 6.07) is 11.1. The van der Waals surface area contributed by atoms with Gasteiger partial charge in [0.05, 0.1) is 17.5 Å². The van der Waals surface area contributed by atoms with Gasteiger partial charge in [-0.2, -0.15) is 15.0 Å². The highest BCUT2D eigenvalue weighted by Gasteiger charge is 2.15. The highest BCUT2D eigenvalue weighted by Crippen LogP contribution is 2.18. The number of para-hydroxylation sites is 1. The van der Waals surface area contributed by atoms with Crippen LogP contribution in [-0.2, 0) is 7.05 Å². The van der Waals surface area contributed by atoms with E-state index in [2.05, 4.69) is 26.1 Å². The highest BCUT2D eigenvalue weighted by molar-refractivity contribution is 5.85. The summed E-state index contributed by atoms with van der Waals surface area (Å²) in [5.41, 5.74) is 3.38. The van der Waals surface area contributed by atoms with Crippen LogP contribution in [0, 0.1) is 18.3 Å². The molecule has 10 nitrogen and oxygen atoms in total. The Labute approximate surface area is 147 Å².